The van der Waals surface area contributed by atoms with Crippen molar-refractivity contribution in [3.63, 3.8) is 0 Å². The summed E-state index contributed by atoms with van der Waals surface area (Å²) in [5, 5.41) is 3.74. The van der Waals surface area contributed by atoms with Crippen LogP contribution in [0.1, 0.15) is 53.9 Å². The van der Waals surface area contributed by atoms with Crippen molar-refractivity contribution in [2.24, 2.45) is 32.7 Å². The first-order chi connectivity index (χ1) is 25.1. The molecule has 8 bridgehead atoms. The average Bonchev–Trinajstić information content (AvgIpc) is 3.90. The number of para-hydroxylation sites is 1. The smallest absolute Gasteiger partial charge is 0.319 e. The molecule has 5 aliphatic heterocycles. The summed E-state index contributed by atoms with van der Waals surface area (Å²) in [6, 6.07) is 9.72. The number of benzene rings is 1. The van der Waals surface area contributed by atoms with E-state index < -0.39 is 11.9 Å². The number of hydrazine groups is 1. The summed E-state index contributed by atoms with van der Waals surface area (Å²) in [5.74, 6) is -1.78. The minimum absolute atomic E-state index is 0.0601. The van der Waals surface area contributed by atoms with Crippen LogP contribution in [0, 0.1) is 17.8 Å². The monoisotopic (exact) mass is 696 g/mol. The van der Waals surface area contributed by atoms with Gasteiger partial charge in [0, 0.05) is 46.4 Å². The normalized spacial score (nSPS) is 23.2. The van der Waals surface area contributed by atoms with E-state index in [0.29, 0.717) is 17.8 Å². The summed E-state index contributed by atoms with van der Waals surface area (Å²) >= 11 is 0. The minimum atomic E-state index is -0.829. The summed E-state index contributed by atoms with van der Waals surface area (Å²) in [5.41, 5.74) is 21.4. The zero-order chi connectivity index (χ0) is 36.8. The standard InChI is InChI=1S/C42H44N6O4/c1-9-26-21(3)29-18-31-23(5)28(16-17-35(49)51-7)39(45-31)37-38(42(50)52-8)41(48-47-25-14-12-11-13-15-25)36-24(6)32(46-40(36)37)20-34-27(10-2)22(4)30(44-34)19-33(26)43-29/h9,11-15,18-20,23,28,38,45,47-48H,1,10,16-17H2,2-8H3/t23-,28-,38+/m0/s1. The van der Waals surface area contributed by atoms with E-state index in [2.05, 4.69) is 68.7 Å². The molecule has 10 nitrogen and oxygen atoms in total. The van der Waals surface area contributed by atoms with Gasteiger partial charge in [0.15, 0.2) is 0 Å². The molecule has 52 heavy (non-hydrogen) atoms. The van der Waals surface area contributed by atoms with E-state index in [4.69, 9.17) is 24.5 Å². The van der Waals surface area contributed by atoms with Crippen molar-refractivity contribution in [3.05, 3.63) is 134 Å². The van der Waals surface area contributed by atoms with Crippen molar-refractivity contribution in [2.45, 2.75) is 53.9 Å². The number of ether oxygens (including phenoxy) is 2. The molecule has 5 heterocycles. The van der Waals surface area contributed by atoms with Crippen LogP contribution < -0.4 is 16.2 Å². The fourth-order valence-electron chi connectivity index (χ4n) is 7.97. The van der Waals surface area contributed by atoms with E-state index in [1.807, 2.05) is 43.3 Å². The van der Waals surface area contributed by atoms with Crippen LogP contribution in [0.15, 0.2) is 149 Å². The molecule has 0 amide bonds. The number of carbonyl (C=O) groups excluding carboxylic acids is 2. The van der Waals surface area contributed by atoms with E-state index in [9.17, 15) is 9.59 Å². The number of esters is 2. The van der Waals surface area contributed by atoms with Gasteiger partial charge in [-0.25, -0.2) is 15.0 Å². The van der Waals surface area contributed by atoms with Crippen molar-refractivity contribution in [2.75, 3.05) is 19.6 Å². The second-order valence-corrected chi connectivity index (χ2v) is 13.6. The summed E-state index contributed by atoms with van der Waals surface area (Å²) in [6.07, 6.45) is 9.52. The third kappa shape index (κ3) is 5.72. The lowest BCUT2D eigenvalue weighted by Crippen LogP contribution is -2.32. The van der Waals surface area contributed by atoms with Crippen molar-refractivity contribution >= 4 is 34.8 Å². The Morgan fingerprint density at radius 3 is 2.35 bits per heavy atom. The van der Waals surface area contributed by atoms with Crippen LogP contribution in [-0.2, 0) is 19.1 Å². The lowest BCUT2D eigenvalue weighted by molar-refractivity contribution is -0.143. The molecule has 0 unspecified atom stereocenters. The Balaban J connectivity index is 1.51. The molecule has 7 rings (SSSR count). The van der Waals surface area contributed by atoms with Gasteiger partial charge in [-0.3, -0.25) is 9.59 Å². The number of methoxy groups -OCH3 is 2. The quantitative estimate of drug-likeness (QED) is 0.183. The Morgan fingerprint density at radius 2 is 1.65 bits per heavy atom. The fraction of sp³-hybridized carbons (Fsp3) is 0.310. The molecule has 3 atom stereocenters. The van der Waals surface area contributed by atoms with Gasteiger partial charge in [-0.15, -0.1) is 0 Å². The Labute approximate surface area is 304 Å². The molecule has 1 fully saturated rings. The Bertz CT molecular complexity index is 2170. The molecular weight excluding hydrogens is 653 g/mol. The molecule has 0 aromatic heterocycles. The van der Waals surface area contributed by atoms with Crippen LogP contribution in [0.2, 0.25) is 0 Å². The van der Waals surface area contributed by atoms with Gasteiger partial charge < -0.3 is 25.6 Å². The Kier molecular flexibility index (Phi) is 9.16. The highest BCUT2D eigenvalue weighted by atomic mass is 16.5. The van der Waals surface area contributed by atoms with Gasteiger partial charge in [0.1, 0.15) is 5.92 Å². The molecule has 1 aliphatic carbocycles. The van der Waals surface area contributed by atoms with E-state index in [1.165, 1.54) is 14.2 Å². The first-order valence-corrected chi connectivity index (χ1v) is 17.7. The van der Waals surface area contributed by atoms with Crippen molar-refractivity contribution < 1.29 is 19.1 Å². The number of nitrogens with one attached hydrogen (secondary N) is 3. The number of allylic oxidation sites excluding steroid dienone is 11. The van der Waals surface area contributed by atoms with Crippen LogP contribution in [0.25, 0.3) is 0 Å². The third-order valence-corrected chi connectivity index (χ3v) is 10.9. The van der Waals surface area contributed by atoms with E-state index in [1.54, 1.807) is 0 Å². The number of nitrogens with zero attached hydrogens (tertiary/aromatic N) is 3. The largest absolute Gasteiger partial charge is 0.469 e. The van der Waals surface area contributed by atoms with Crippen molar-refractivity contribution in [1.82, 2.24) is 10.7 Å². The van der Waals surface area contributed by atoms with Gasteiger partial charge in [-0.2, -0.15) is 0 Å². The molecule has 0 spiro atoms. The summed E-state index contributed by atoms with van der Waals surface area (Å²) < 4.78 is 10.6. The number of hydrogen-bond donors (Lipinski definition) is 3. The van der Waals surface area contributed by atoms with Crippen LogP contribution in [0.3, 0.4) is 0 Å². The molecule has 10 heteroatoms. The molecular formula is C42H44N6O4. The predicted molar refractivity (Wildman–Crippen MR) is 205 cm³/mol. The third-order valence-electron chi connectivity index (χ3n) is 10.9. The van der Waals surface area contributed by atoms with Gasteiger partial charge in [0.25, 0.3) is 0 Å². The van der Waals surface area contributed by atoms with Gasteiger partial charge >= 0.3 is 11.9 Å². The topological polar surface area (TPSA) is 126 Å². The zero-order valence-corrected chi connectivity index (χ0v) is 30.7. The lowest BCUT2D eigenvalue weighted by atomic mass is 9.84. The molecule has 1 saturated heterocycles. The molecule has 3 N–H and O–H groups in total. The maximum atomic E-state index is 14.0. The van der Waals surface area contributed by atoms with E-state index in [-0.39, 0.29) is 24.2 Å². The minimum Gasteiger partial charge on any atom is -0.469 e. The predicted octanol–water partition coefficient (Wildman–Crippen LogP) is 7.25. The number of aliphatic imine (C=N–C) groups is 3. The van der Waals surface area contributed by atoms with Crippen LogP contribution in [-0.4, -0.2) is 43.3 Å². The average molecular weight is 697 g/mol. The van der Waals surface area contributed by atoms with Crippen LogP contribution in [0.4, 0.5) is 5.69 Å². The van der Waals surface area contributed by atoms with Crippen molar-refractivity contribution in [3.8, 4) is 0 Å². The number of rotatable bonds is 9. The lowest BCUT2D eigenvalue weighted by Gasteiger charge is -2.22. The first kappa shape index (κ1) is 34.7. The van der Waals surface area contributed by atoms with Gasteiger partial charge in [-0.1, -0.05) is 44.7 Å². The Morgan fingerprint density at radius 1 is 0.923 bits per heavy atom. The number of fused-ring (bicyclic) bond motifs is 5. The maximum Gasteiger partial charge on any atom is 0.319 e. The SMILES string of the molecule is C=CC1=C(C)C2=NC1=CC1=NC(=CC3=C(C)C4=C(NNc5ccccc5)[C@H](C(=O)OC)C(=C5NC(=C2)[C@@H](C)[C@@H]5CCC(=O)OC)C4=N3)C(CC)=C1C. The highest BCUT2D eigenvalue weighted by Gasteiger charge is 2.49. The van der Waals surface area contributed by atoms with E-state index in [0.717, 1.165) is 91.0 Å². The summed E-state index contributed by atoms with van der Waals surface area (Å²) in [4.78, 5) is 42.1. The molecule has 0 saturated carbocycles. The molecule has 1 aromatic carbocycles. The molecule has 6 aliphatic rings. The number of anilines is 1. The van der Waals surface area contributed by atoms with Crippen LogP contribution in [0.5, 0.6) is 0 Å². The molecule has 266 valence electrons. The van der Waals surface area contributed by atoms with Gasteiger partial charge in [-0.05, 0) is 86.3 Å². The van der Waals surface area contributed by atoms with Gasteiger partial charge in [0.05, 0.1) is 59.8 Å². The summed E-state index contributed by atoms with van der Waals surface area (Å²) in [6.45, 7) is 14.6. The zero-order valence-electron chi connectivity index (χ0n) is 30.7. The highest BCUT2D eigenvalue weighted by Crippen LogP contribution is 2.49. The fourth-order valence-corrected chi connectivity index (χ4v) is 7.97. The van der Waals surface area contributed by atoms with E-state index >= 15 is 0 Å². The number of carbonyl (C=O) groups is 2. The first-order valence-electron chi connectivity index (χ1n) is 17.7. The van der Waals surface area contributed by atoms with Crippen LogP contribution >= 0.6 is 0 Å². The van der Waals surface area contributed by atoms with Crippen molar-refractivity contribution in [1.29, 1.82) is 0 Å². The molecule has 1 aromatic rings. The maximum absolute atomic E-state index is 14.0. The second kappa shape index (κ2) is 13.7. The number of hydrogen-bond acceptors (Lipinski definition) is 10. The van der Waals surface area contributed by atoms with Gasteiger partial charge in [0.2, 0.25) is 0 Å². The Hall–Kier alpha value is -5.77. The highest BCUT2D eigenvalue weighted by molar-refractivity contribution is 6.24. The second-order valence-electron chi connectivity index (χ2n) is 13.6. The summed E-state index contributed by atoms with van der Waals surface area (Å²) in [7, 11) is 2.81. The molecule has 0 radical (unpaired) electrons.